The number of benzene rings is 1. The number of nitrogens with one attached hydrogen (secondary N) is 2. The van der Waals surface area contributed by atoms with Crippen LogP contribution in [0.15, 0.2) is 18.2 Å². The number of carbonyl (C=O) groups excluding carboxylic acids is 1. The number of carbonyl (C=O) groups is 1. The standard InChI is InChI=1S/C17H24Cl2N2O3.ClH/c1-23-12-17(5-7-20-8-6-17)11-21-16(22)4-9-24-13-2-3-14(18)15(19)10-13;/h2-3,10,20H,4-9,11-12H2,1H3,(H,21,22);1H. The summed E-state index contributed by atoms with van der Waals surface area (Å²) in [6, 6.07) is 5.05. The van der Waals surface area contributed by atoms with Crippen molar-refractivity contribution in [1.29, 1.82) is 0 Å². The van der Waals surface area contributed by atoms with Crippen LogP contribution in [0, 0.1) is 5.41 Å². The van der Waals surface area contributed by atoms with Gasteiger partial charge < -0.3 is 20.1 Å². The summed E-state index contributed by atoms with van der Waals surface area (Å²) >= 11 is 11.8. The van der Waals surface area contributed by atoms with Crippen LogP contribution in [0.5, 0.6) is 5.75 Å². The predicted octanol–water partition coefficient (Wildman–Crippen LogP) is 3.32. The summed E-state index contributed by atoms with van der Waals surface area (Å²) in [5.74, 6) is 0.579. The van der Waals surface area contributed by atoms with E-state index in [1.54, 1.807) is 25.3 Å². The molecule has 0 aliphatic carbocycles. The Labute approximate surface area is 165 Å². The van der Waals surface area contributed by atoms with Crippen molar-refractivity contribution in [1.82, 2.24) is 10.6 Å². The molecule has 1 fully saturated rings. The third-order valence-corrected chi connectivity index (χ3v) is 5.00. The lowest BCUT2D eigenvalue weighted by Gasteiger charge is -2.37. The molecule has 0 atom stereocenters. The van der Waals surface area contributed by atoms with Crippen molar-refractivity contribution in [2.45, 2.75) is 19.3 Å². The van der Waals surface area contributed by atoms with Gasteiger partial charge in [0, 0.05) is 25.1 Å². The Hall–Kier alpha value is -0.720. The van der Waals surface area contributed by atoms with Crippen LogP contribution in [-0.2, 0) is 9.53 Å². The minimum absolute atomic E-state index is 0. The number of rotatable bonds is 8. The Bertz CT molecular complexity index is 546. The van der Waals surface area contributed by atoms with Gasteiger partial charge in [-0.1, -0.05) is 23.2 Å². The maximum Gasteiger partial charge on any atom is 0.223 e. The molecule has 1 aromatic carbocycles. The van der Waals surface area contributed by atoms with Gasteiger partial charge in [0.1, 0.15) is 5.75 Å². The van der Waals surface area contributed by atoms with Crippen molar-refractivity contribution in [3.05, 3.63) is 28.2 Å². The summed E-state index contributed by atoms with van der Waals surface area (Å²) in [5.41, 5.74) is 0.0280. The third-order valence-electron chi connectivity index (χ3n) is 4.26. The van der Waals surface area contributed by atoms with Crippen molar-refractivity contribution in [3.63, 3.8) is 0 Å². The highest BCUT2D eigenvalue weighted by molar-refractivity contribution is 6.42. The zero-order valence-corrected chi connectivity index (χ0v) is 16.6. The van der Waals surface area contributed by atoms with E-state index in [1.807, 2.05) is 0 Å². The molecule has 142 valence electrons. The maximum absolute atomic E-state index is 12.0. The molecule has 25 heavy (non-hydrogen) atoms. The van der Waals surface area contributed by atoms with Gasteiger partial charge in [0.2, 0.25) is 5.91 Å². The quantitative estimate of drug-likeness (QED) is 0.689. The molecule has 1 heterocycles. The highest BCUT2D eigenvalue weighted by Gasteiger charge is 2.32. The number of amides is 1. The van der Waals surface area contributed by atoms with Gasteiger partial charge in [0.15, 0.2) is 0 Å². The minimum Gasteiger partial charge on any atom is -0.493 e. The van der Waals surface area contributed by atoms with Gasteiger partial charge >= 0.3 is 0 Å². The van der Waals surface area contributed by atoms with Crippen LogP contribution in [0.25, 0.3) is 0 Å². The molecule has 8 heteroatoms. The van der Waals surface area contributed by atoms with Crippen molar-refractivity contribution in [3.8, 4) is 5.75 Å². The lowest BCUT2D eigenvalue weighted by atomic mass is 9.79. The van der Waals surface area contributed by atoms with E-state index < -0.39 is 0 Å². The summed E-state index contributed by atoms with van der Waals surface area (Å²) in [6.45, 7) is 3.50. The molecular weight excluding hydrogens is 387 g/mol. The van der Waals surface area contributed by atoms with E-state index in [0.717, 1.165) is 25.9 Å². The van der Waals surface area contributed by atoms with E-state index in [2.05, 4.69) is 10.6 Å². The number of halogens is 3. The third kappa shape index (κ3) is 7.19. The first kappa shape index (κ1) is 22.3. The molecule has 5 nitrogen and oxygen atoms in total. The summed E-state index contributed by atoms with van der Waals surface area (Å²) in [7, 11) is 1.71. The van der Waals surface area contributed by atoms with Gasteiger partial charge in [0.25, 0.3) is 0 Å². The van der Waals surface area contributed by atoms with Gasteiger partial charge in [-0.05, 0) is 38.1 Å². The highest BCUT2D eigenvalue weighted by atomic mass is 35.5. The van der Waals surface area contributed by atoms with Crippen LogP contribution in [0.2, 0.25) is 10.0 Å². The van der Waals surface area contributed by atoms with E-state index in [9.17, 15) is 4.79 Å². The summed E-state index contributed by atoms with van der Waals surface area (Å²) in [6.07, 6.45) is 2.29. The predicted molar refractivity (Wildman–Crippen MR) is 103 cm³/mol. The largest absolute Gasteiger partial charge is 0.493 e. The van der Waals surface area contributed by atoms with Crippen molar-refractivity contribution < 1.29 is 14.3 Å². The number of methoxy groups -OCH3 is 1. The molecule has 0 spiro atoms. The molecule has 0 unspecified atom stereocenters. The second kappa shape index (κ2) is 11.1. The van der Waals surface area contributed by atoms with Crippen molar-refractivity contribution in [2.75, 3.05) is 40.0 Å². The Morgan fingerprint density at radius 2 is 2.00 bits per heavy atom. The zero-order valence-electron chi connectivity index (χ0n) is 14.3. The van der Waals surface area contributed by atoms with Crippen molar-refractivity contribution >= 4 is 41.5 Å². The zero-order chi connectivity index (χ0) is 17.4. The molecule has 0 aromatic heterocycles. The van der Waals surface area contributed by atoms with Gasteiger partial charge in [0.05, 0.1) is 29.7 Å². The number of ether oxygens (including phenoxy) is 2. The molecule has 1 saturated heterocycles. The monoisotopic (exact) mass is 410 g/mol. The molecule has 2 N–H and O–H groups in total. The second-order valence-corrected chi connectivity index (χ2v) is 6.95. The first-order valence-electron chi connectivity index (χ1n) is 8.09. The van der Waals surface area contributed by atoms with Gasteiger partial charge in [-0.3, -0.25) is 4.79 Å². The summed E-state index contributed by atoms with van der Waals surface area (Å²) in [5, 5.41) is 7.26. The molecule has 1 aliphatic rings. The van der Waals surface area contributed by atoms with Crippen LogP contribution in [-0.4, -0.2) is 45.9 Å². The molecule has 0 radical (unpaired) electrons. The Morgan fingerprint density at radius 3 is 2.64 bits per heavy atom. The highest BCUT2D eigenvalue weighted by Crippen LogP contribution is 2.28. The van der Waals surface area contributed by atoms with Crippen LogP contribution in [0.3, 0.4) is 0 Å². The Balaban J connectivity index is 0.00000312. The molecule has 0 saturated carbocycles. The minimum atomic E-state index is -0.0240. The summed E-state index contributed by atoms with van der Waals surface area (Å²) < 4.78 is 10.9. The number of hydrogen-bond acceptors (Lipinski definition) is 4. The van der Waals surface area contributed by atoms with E-state index in [4.69, 9.17) is 32.7 Å². The number of piperidine rings is 1. The van der Waals surface area contributed by atoms with E-state index in [-0.39, 0.29) is 23.7 Å². The molecule has 0 bridgehead atoms. The second-order valence-electron chi connectivity index (χ2n) is 6.13. The molecule has 2 rings (SSSR count). The normalized spacial score (nSPS) is 16.0. The van der Waals surface area contributed by atoms with Crippen LogP contribution < -0.4 is 15.4 Å². The van der Waals surface area contributed by atoms with E-state index >= 15 is 0 Å². The number of hydrogen-bond donors (Lipinski definition) is 2. The lowest BCUT2D eigenvalue weighted by molar-refractivity contribution is -0.122. The lowest BCUT2D eigenvalue weighted by Crippen LogP contribution is -2.47. The SMILES string of the molecule is COCC1(CNC(=O)CCOc2ccc(Cl)c(Cl)c2)CCNCC1.Cl. The van der Waals surface area contributed by atoms with Crippen LogP contribution in [0.1, 0.15) is 19.3 Å². The first-order chi connectivity index (χ1) is 11.5. The average molecular weight is 412 g/mol. The van der Waals surface area contributed by atoms with Crippen LogP contribution >= 0.6 is 35.6 Å². The molecule has 1 aliphatic heterocycles. The fraction of sp³-hybridized carbons (Fsp3) is 0.588. The molecule has 1 amide bonds. The van der Waals surface area contributed by atoms with E-state index in [0.29, 0.717) is 42.0 Å². The van der Waals surface area contributed by atoms with E-state index in [1.165, 1.54) is 0 Å². The van der Waals surface area contributed by atoms with Crippen molar-refractivity contribution in [2.24, 2.45) is 5.41 Å². The van der Waals surface area contributed by atoms with Crippen LogP contribution in [0.4, 0.5) is 0 Å². The smallest absolute Gasteiger partial charge is 0.223 e. The first-order valence-corrected chi connectivity index (χ1v) is 8.84. The van der Waals surface area contributed by atoms with Gasteiger partial charge in [-0.15, -0.1) is 12.4 Å². The summed E-state index contributed by atoms with van der Waals surface area (Å²) in [4.78, 5) is 12.0. The topological polar surface area (TPSA) is 59.6 Å². The molecule has 1 aromatic rings. The maximum atomic E-state index is 12.0. The van der Waals surface area contributed by atoms with Gasteiger partial charge in [-0.2, -0.15) is 0 Å². The van der Waals surface area contributed by atoms with Gasteiger partial charge in [-0.25, -0.2) is 0 Å². The molecular formula is C17H25Cl3N2O3. The fourth-order valence-corrected chi connectivity index (χ4v) is 3.13. The average Bonchev–Trinajstić information content (AvgIpc) is 2.57. The Kier molecular flexibility index (Phi) is 9.90. The Morgan fingerprint density at radius 1 is 1.28 bits per heavy atom. The fourth-order valence-electron chi connectivity index (χ4n) is 2.84.